The number of hydrogen-bond acceptors (Lipinski definition) is 9. The Balaban J connectivity index is 0.806. The Labute approximate surface area is 415 Å². The van der Waals surface area contributed by atoms with Gasteiger partial charge in [-0.05, 0) is 131 Å². The maximum absolute atomic E-state index is 16.3. The number of ether oxygens (including phenoxy) is 4. The van der Waals surface area contributed by atoms with Gasteiger partial charge in [0.1, 0.15) is 23.5 Å². The third-order valence-electron chi connectivity index (χ3n) is 19.1. The molecule has 2 saturated heterocycles. The summed E-state index contributed by atoms with van der Waals surface area (Å²) in [4.78, 5) is 36.8. The number of fused-ring (bicyclic) bond motifs is 14. The van der Waals surface area contributed by atoms with Crippen LogP contribution in [0.3, 0.4) is 0 Å². The Bertz CT molecular complexity index is 2180. The third kappa shape index (κ3) is 6.64. The summed E-state index contributed by atoms with van der Waals surface area (Å²) in [6, 6.07) is 0. The van der Waals surface area contributed by atoms with Crippen LogP contribution >= 0.6 is 55.3 Å². The van der Waals surface area contributed by atoms with Crippen LogP contribution < -0.4 is 0 Å². The average Bonchev–Trinajstić information content (AvgIpc) is 3.81. The maximum atomic E-state index is 16.3. The zero-order chi connectivity index (χ0) is 48.5. The van der Waals surface area contributed by atoms with Crippen molar-refractivity contribution >= 4 is 85.6 Å². The molecule has 10 rings (SSSR count). The molecule has 67 heavy (non-hydrogen) atoms. The zero-order valence-corrected chi connectivity index (χ0v) is 43.4. The maximum Gasteiger partial charge on any atom is 0.488 e. The van der Waals surface area contributed by atoms with E-state index < -0.39 is 89.3 Å². The lowest BCUT2D eigenvalue weighted by molar-refractivity contribution is -0.214. The number of carbonyl (C=O) groups excluding carboxylic acids is 3. The number of Topliss-reactive ketones (excluding diaryl/α,β-unsaturated/α-hetero) is 1. The highest BCUT2D eigenvalue weighted by Crippen LogP contribution is 2.76. The number of halogens is 6. The topological polar surface area (TPSA) is 107 Å². The minimum absolute atomic E-state index is 0.0316. The van der Waals surface area contributed by atoms with E-state index in [9.17, 15) is 14.4 Å². The number of ketones is 3. The van der Waals surface area contributed by atoms with Gasteiger partial charge in [0.25, 0.3) is 0 Å². The van der Waals surface area contributed by atoms with Crippen LogP contribution in [0.2, 0.25) is 0 Å². The molecular formula is C50H61BCl4F2O9P. The van der Waals surface area contributed by atoms with E-state index in [0.717, 1.165) is 13.0 Å². The van der Waals surface area contributed by atoms with Crippen molar-refractivity contribution in [1.82, 2.24) is 0 Å². The lowest BCUT2D eigenvalue weighted by Crippen LogP contribution is -2.68. The van der Waals surface area contributed by atoms with Gasteiger partial charge in [0.05, 0.1) is 45.9 Å². The molecule has 18 atom stereocenters. The third-order valence-corrected chi connectivity index (χ3v) is 22.6. The molecule has 2 aliphatic heterocycles. The number of hydrogen-bond donors (Lipinski definition) is 0. The Hall–Kier alpha value is -1.02. The largest absolute Gasteiger partial charge is 0.488 e. The lowest BCUT2D eigenvalue weighted by Gasteiger charge is -2.64. The Morgan fingerprint density at radius 2 is 1.10 bits per heavy atom. The second-order valence-corrected chi connectivity index (χ2v) is 26.3. The summed E-state index contributed by atoms with van der Waals surface area (Å²) < 4.78 is 71.2. The van der Waals surface area contributed by atoms with E-state index in [2.05, 4.69) is 22.7 Å². The van der Waals surface area contributed by atoms with Crippen molar-refractivity contribution in [2.75, 3.05) is 13.2 Å². The van der Waals surface area contributed by atoms with Gasteiger partial charge in [0, 0.05) is 34.5 Å². The van der Waals surface area contributed by atoms with Gasteiger partial charge < -0.3 is 28.3 Å². The molecule has 18 unspecified atom stereocenters. The Morgan fingerprint density at radius 1 is 0.687 bits per heavy atom. The molecule has 8 aliphatic carbocycles. The van der Waals surface area contributed by atoms with E-state index in [1.54, 1.807) is 12.2 Å². The molecular weight excluding hydrogens is 966 g/mol. The fourth-order valence-corrected chi connectivity index (χ4v) is 19.1. The summed E-state index contributed by atoms with van der Waals surface area (Å²) in [5.41, 5.74) is -4.47. The van der Waals surface area contributed by atoms with Crippen molar-refractivity contribution in [2.24, 2.45) is 45.3 Å². The number of rotatable bonds is 10. The molecule has 0 amide bonds. The summed E-state index contributed by atoms with van der Waals surface area (Å²) in [7, 11) is 5.02. The van der Waals surface area contributed by atoms with Crippen LogP contribution in [0, 0.1) is 45.3 Å². The van der Waals surface area contributed by atoms with Crippen LogP contribution in [0.5, 0.6) is 0 Å². The molecule has 0 spiro atoms. The summed E-state index contributed by atoms with van der Waals surface area (Å²) in [5, 5.41) is -0.492. The fourth-order valence-electron chi connectivity index (χ4n) is 16.4. The van der Waals surface area contributed by atoms with Gasteiger partial charge in [-0.15, -0.1) is 55.3 Å². The molecule has 2 heterocycles. The van der Waals surface area contributed by atoms with Crippen LogP contribution in [0.25, 0.3) is 0 Å². The number of carbonyl (C=O) groups is 3. The Morgan fingerprint density at radius 3 is 1.55 bits per heavy atom. The molecule has 9 nitrogen and oxygen atoms in total. The molecule has 0 bridgehead atoms. The first-order valence-electron chi connectivity index (χ1n) is 23.8. The van der Waals surface area contributed by atoms with Gasteiger partial charge in [0.15, 0.2) is 28.9 Å². The first kappa shape index (κ1) is 49.6. The predicted molar refractivity (Wildman–Crippen MR) is 256 cm³/mol. The van der Waals surface area contributed by atoms with Gasteiger partial charge in [-0.3, -0.25) is 14.4 Å². The van der Waals surface area contributed by atoms with Crippen molar-refractivity contribution in [2.45, 2.75) is 175 Å². The summed E-state index contributed by atoms with van der Waals surface area (Å²) >= 11 is 30.3. The minimum Gasteiger partial charge on any atom is -0.409 e. The van der Waals surface area contributed by atoms with E-state index in [4.69, 9.17) is 74.7 Å². The molecule has 0 aromatic rings. The van der Waals surface area contributed by atoms with Crippen LogP contribution in [-0.4, -0.2) is 111 Å². The van der Waals surface area contributed by atoms with E-state index in [1.165, 1.54) is 24.3 Å². The van der Waals surface area contributed by atoms with Gasteiger partial charge >= 0.3 is 7.69 Å². The van der Waals surface area contributed by atoms with Crippen molar-refractivity contribution in [3.63, 3.8) is 0 Å². The first-order chi connectivity index (χ1) is 31.1. The predicted octanol–water partition coefficient (Wildman–Crippen LogP) is 9.89. The molecule has 10 aliphatic rings. The van der Waals surface area contributed by atoms with Crippen LogP contribution in [0.4, 0.5) is 8.78 Å². The van der Waals surface area contributed by atoms with Gasteiger partial charge in [0.2, 0.25) is 0 Å². The lowest BCUT2D eigenvalue weighted by atomic mass is 9.46. The second-order valence-electron chi connectivity index (χ2n) is 23.3. The quantitative estimate of drug-likeness (QED) is 0.0916. The van der Waals surface area contributed by atoms with Crippen LogP contribution in [0.1, 0.15) is 107 Å². The molecule has 0 N–H and O–H groups in total. The van der Waals surface area contributed by atoms with Crippen LogP contribution in [-0.2, 0) is 42.6 Å². The standard InChI is InChI=1S/C50H61BCl4F2O9P/c1-41(2)63-39-17-29-31-15-35(56)33-13-25(58)9-11-43(33,5)49(31,54)37(52)21-45(29,7)47(39,65-41)19-27(60)23-61-51-62-24-28(67)20-48-40(64-42(3,4)66-48)18-30-32-16-36(57)34-14-26(59)10-12-44(34,6)50(32,55)38(53)22-46(30,48)8/h9-14,29-32,35-40,67H,15-24H2,1-8H3. The van der Waals surface area contributed by atoms with Gasteiger partial charge in [-0.2, -0.15) is 0 Å². The Kier molecular flexibility index (Phi) is 11.6. The fraction of sp³-hybridized carbons (Fsp3) is 0.760. The van der Waals surface area contributed by atoms with E-state index in [1.807, 2.05) is 41.5 Å². The monoisotopic (exact) mass is 1030 g/mol. The highest BCUT2D eigenvalue weighted by molar-refractivity contribution is 7.21. The molecule has 1 radical (unpaired) electrons. The summed E-state index contributed by atoms with van der Waals surface area (Å²) in [5.74, 6) is -3.71. The van der Waals surface area contributed by atoms with E-state index in [0.29, 0.717) is 43.3 Å². The normalized spacial score (nSPS) is 51.6. The molecule has 0 aromatic heterocycles. The van der Waals surface area contributed by atoms with Crippen molar-refractivity contribution in [3.05, 3.63) is 47.6 Å². The molecule has 6 saturated carbocycles. The molecule has 0 aromatic carbocycles. The minimum atomic E-state index is -1.39. The summed E-state index contributed by atoms with van der Waals surface area (Å²) in [6.45, 7) is 15.3. The summed E-state index contributed by atoms with van der Waals surface area (Å²) in [6.07, 6.45) is 8.13. The highest BCUT2D eigenvalue weighted by Gasteiger charge is 2.80. The molecule has 17 heteroatoms. The van der Waals surface area contributed by atoms with Crippen LogP contribution in [0.15, 0.2) is 47.6 Å². The molecule has 365 valence electrons. The first-order valence-corrected chi connectivity index (χ1v) is 25.9. The average molecular weight is 1030 g/mol. The van der Waals surface area contributed by atoms with Crippen molar-refractivity contribution in [3.8, 4) is 0 Å². The van der Waals surface area contributed by atoms with Gasteiger partial charge in [-0.25, -0.2) is 8.78 Å². The smallest absolute Gasteiger partial charge is 0.409 e. The second kappa shape index (κ2) is 15.7. The van der Waals surface area contributed by atoms with Crippen molar-refractivity contribution in [1.29, 1.82) is 0 Å². The van der Waals surface area contributed by atoms with E-state index in [-0.39, 0.29) is 73.7 Å². The number of allylic oxidation sites excluding steroid dienone is 8. The van der Waals surface area contributed by atoms with E-state index >= 15 is 8.78 Å². The zero-order valence-electron chi connectivity index (χ0n) is 39.3. The highest BCUT2D eigenvalue weighted by atomic mass is 35.5. The molecule has 8 fully saturated rings. The van der Waals surface area contributed by atoms with Crippen molar-refractivity contribution < 1.29 is 51.4 Å². The number of alkyl halides is 6. The van der Waals surface area contributed by atoms with Gasteiger partial charge in [-0.1, -0.05) is 39.8 Å². The SMILES string of the molecule is CC1(C)OC2CC3C4CC(F)C5=CC(=O)C=CC5(C)C4(Cl)C(Cl)CC3(C)C2(CC(=O)CO[B]OCC(=P)CC23OC(C)(C)OC2CC2C4CC(F)C5=CC(=O)C=CC5(C)C4(Cl)C(Cl)CC23C)O1.